The second-order valence-corrected chi connectivity index (χ2v) is 12.9. The molecule has 3 heteroatoms. The minimum atomic E-state index is 0.907. The SMILES string of the molecule is c1ccc(-n2c3ccccc3c3c4c5ccccc5n(-c5ccc6ccccc6c5)c4ccc32)c(-c2ccc3oc4ccccc4c3c2)c1. The first-order chi connectivity index (χ1) is 24.3. The van der Waals surface area contributed by atoms with Crippen LogP contribution in [0, 0.1) is 0 Å². The monoisotopic (exact) mass is 624 g/mol. The third kappa shape index (κ3) is 3.73. The zero-order chi connectivity index (χ0) is 32.1. The second kappa shape index (κ2) is 9.96. The van der Waals surface area contributed by atoms with E-state index < -0.39 is 0 Å². The number of aromatic nitrogens is 2. The summed E-state index contributed by atoms with van der Waals surface area (Å²) in [5.41, 5.74) is 11.3. The predicted octanol–water partition coefficient (Wildman–Crippen LogP) is 12.6. The Morgan fingerprint density at radius 1 is 0.367 bits per heavy atom. The summed E-state index contributed by atoms with van der Waals surface area (Å²) >= 11 is 0. The van der Waals surface area contributed by atoms with E-state index in [0.717, 1.165) is 33.2 Å². The smallest absolute Gasteiger partial charge is 0.135 e. The molecule has 49 heavy (non-hydrogen) atoms. The molecule has 228 valence electrons. The molecule has 3 aromatic heterocycles. The molecule has 3 heterocycles. The first kappa shape index (κ1) is 26.5. The molecule has 0 fully saturated rings. The van der Waals surface area contributed by atoms with Crippen LogP contribution in [0.2, 0.25) is 0 Å². The highest BCUT2D eigenvalue weighted by atomic mass is 16.3. The third-order valence-electron chi connectivity index (χ3n) is 10.3. The number of furan rings is 1. The van der Waals surface area contributed by atoms with E-state index in [1.807, 2.05) is 12.1 Å². The van der Waals surface area contributed by atoms with E-state index >= 15 is 0 Å². The van der Waals surface area contributed by atoms with Crippen LogP contribution in [0.4, 0.5) is 0 Å². The Kier molecular flexibility index (Phi) is 5.38. The van der Waals surface area contributed by atoms with Gasteiger partial charge in [-0.25, -0.2) is 0 Å². The fourth-order valence-electron chi connectivity index (χ4n) is 8.18. The summed E-state index contributed by atoms with van der Waals surface area (Å²) < 4.78 is 11.1. The van der Waals surface area contributed by atoms with Crippen LogP contribution in [0.1, 0.15) is 0 Å². The largest absolute Gasteiger partial charge is 0.456 e. The first-order valence-electron chi connectivity index (χ1n) is 16.8. The normalized spacial score (nSPS) is 12.1. The molecule has 0 saturated heterocycles. The highest BCUT2D eigenvalue weighted by Gasteiger charge is 2.22. The molecule has 0 amide bonds. The fourth-order valence-corrected chi connectivity index (χ4v) is 8.18. The van der Waals surface area contributed by atoms with E-state index in [1.165, 1.54) is 65.6 Å². The third-order valence-corrected chi connectivity index (χ3v) is 10.3. The van der Waals surface area contributed by atoms with Gasteiger partial charge in [-0.15, -0.1) is 0 Å². The van der Waals surface area contributed by atoms with Crippen LogP contribution in [0.5, 0.6) is 0 Å². The van der Waals surface area contributed by atoms with Gasteiger partial charge in [-0.05, 0) is 77.0 Å². The molecule has 11 rings (SSSR count). The predicted molar refractivity (Wildman–Crippen MR) is 205 cm³/mol. The molecule has 11 aromatic rings. The van der Waals surface area contributed by atoms with E-state index in [9.17, 15) is 0 Å². The van der Waals surface area contributed by atoms with Gasteiger partial charge in [-0.2, -0.15) is 0 Å². The Hall–Kier alpha value is -6.58. The van der Waals surface area contributed by atoms with Crippen molar-refractivity contribution in [3.63, 3.8) is 0 Å². The molecule has 3 nitrogen and oxygen atoms in total. The minimum Gasteiger partial charge on any atom is -0.456 e. The average Bonchev–Trinajstić information content (AvgIpc) is 3.82. The lowest BCUT2D eigenvalue weighted by Crippen LogP contribution is -1.97. The van der Waals surface area contributed by atoms with Crippen molar-refractivity contribution in [1.29, 1.82) is 0 Å². The molecule has 0 aliphatic heterocycles. The summed E-state index contributed by atoms with van der Waals surface area (Å²) in [6.45, 7) is 0. The molecular weight excluding hydrogens is 597 g/mol. The summed E-state index contributed by atoms with van der Waals surface area (Å²) in [5, 5.41) is 9.81. The van der Waals surface area contributed by atoms with Gasteiger partial charge in [0.15, 0.2) is 0 Å². The lowest BCUT2D eigenvalue weighted by molar-refractivity contribution is 0.669. The molecule has 0 spiro atoms. The lowest BCUT2D eigenvalue weighted by Gasteiger charge is -2.14. The van der Waals surface area contributed by atoms with Gasteiger partial charge >= 0.3 is 0 Å². The van der Waals surface area contributed by atoms with Gasteiger partial charge in [-0.1, -0.05) is 109 Å². The molecule has 0 saturated carbocycles. The maximum absolute atomic E-state index is 6.18. The number of para-hydroxylation sites is 4. The van der Waals surface area contributed by atoms with Gasteiger partial charge in [-0.3, -0.25) is 0 Å². The van der Waals surface area contributed by atoms with Gasteiger partial charge < -0.3 is 13.6 Å². The van der Waals surface area contributed by atoms with Crippen LogP contribution in [-0.4, -0.2) is 9.13 Å². The van der Waals surface area contributed by atoms with E-state index in [1.54, 1.807) is 0 Å². The molecular formula is C46H28N2O. The topological polar surface area (TPSA) is 23.0 Å². The van der Waals surface area contributed by atoms with Crippen LogP contribution >= 0.6 is 0 Å². The van der Waals surface area contributed by atoms with Gasteiger partial charge in [0, 0.05) is 43.6 Å². The van der Waals surface area contributed by atoms with Gasteiger partial charge in [0.2, 0.25) is 0 Å². The number of nitrogens with zero attached hydrogens (tertiary/aromatic N) is 2. The molecule has 0 atom stereocenters. The van der Waals surface area contributed by atoms with Crippen molar-refractivity contribution >= 4 is 76.3 Å². The van der Waals surface area contributed by atoms with Crippen LogP contribution in [-0.2, 0) is 0 Å². The van der Waals surface area contributed by atoms with Crippen molar-refractivity contribution in [3.8, 4) is 22.5 Å². The Balaban J connectivity index is 1.22. The van der Waals surface area contributed by atoms with Gasteiger partial charge in [0.05, 0.1) is 27.8 Å². The maximum atomic E-state index is 6.18. The summed E-state index contributed by atoms with van der Waals surface area (Å²) in [6.07, 6.45) is 0. The first-order valence-corrected chi connectivity index (χ1v) is 16.8. The van der Waals surface area contributed by atoms with E-state index in [4.69, 9.17) is 4.42 Å². The van der Waals surface area contributed by atoms with E-state index in [2.05, 4.69) is 167 Å². The Morgan fingerprint density at radius 2 is 0.980 bits per heavy atom. The van der Waals surface area contributed by atoms with Crippen molar-refractivity contribution in [2.45, 2.75) is 0 Å². The summed E-state index contributed by atoms with van der Waals surface area (Å²) in [7, 11) is 0. The molecule has 0 aliphatic rings. The van der Waals surface area contributed by atoms with E-state index in [0.29, 0.717) is 0 Å². The quantitative estimate of drug-likeness (QED) is 0.192. The van der Waals surface area contributed by atoms with Crippen LogP contribution in [0.3, 0.4) is 0 Å². The van der Waals surface area contributed by atoms with Crippen molar-refractivity contribution in [1.82, 2.24) is 9.13 Å². The standard InChI is InChI=1S/C46H28N2O/c1-2-12-30-27-32(23-21-29(30)11-1)47-39-18-8-4-15-35(39)45-41(47)24-25-42-46(45)36-16-5-9-19-40(36)48(42)38-17-7-3-13-33(38)31-22-26-44-37(28-31)34-14-6-10-20-43(34)49-44/h1-28H. The lowest BCUT2D eigenvalue weighted by atomic mass is 10.0. The number of benzene rings is 8. The fraction of sp³-hybridized carbons (Fsp3) is 0. The van der Waals surface area contributed by atoms with Crippen LogP contribution in [0.25, 0.3) is 98.8 Å². The van der Waals surface area contributed by atoms with E-state index in [-0.39, 0.29) is 0 Å². The van der Waals surface area contributed by atoms with Crippen LogP contribution < -0.4 is 0 Å². The summed E-state index contributed by atoms with van der Waals surface area (Å²) in [6, 6.07) is 61.3. The van der Waals surface area contributed by atoms with Crippen LogP contribution in [0.15, 0.2) is 174 Å². The number of hydrogen-bond acceptors (Lipinski definition) is 1. The second-order valence-electron chi connectivity index (χ2n) is 12.9. The molecule has 8 aromatic carbocycles. The van der Waals surface area contributed by atoms with Crippen molar-refractivity contribution in [2.75, 3.05) is 0 Å². The highest BCUT2D eigenvalue weighted by molar-refractivity contribution is 6.29. The zero-order valence-corrected chi connectivity index (χ0v) is 26.5. The molecule has 0 aliphatic carbocycles. The zero-order valence-electron chi connectivity index (χ0n) is 26.5. The molecule has 0 radical (unpaired) electrons. The van der Waals surface area contributed by atoms with Gasteiger partial charge in [0.1, 0.15) is 11.2 Å². The maximum Gasteiger partial charge on any atom is 0.135 e. The Morgan fingerprint density at radius 3 is 1.80 bits per heavy atom. The molecule has 0 bridgehead atoms. The molecule has 0 unspecified atom stereocenters. The number of hydrogen-bond donors (Lipinski definition) is 0. The summed E-state index contributed by atoms with van der Waals surface area (Å²) in [4.78, 5) is 0. The summed E-state index contributed by atoms with van der Waals surface area (Å²) in [5.74, 6) is 0. The highest BCUT2D eigenvalue weighted by Crippen LogP contribution is 2.44. The Labute approximate surface area is 281 Å². The number of fused-ring (bicyclic) bond motifs is 11. The van der Waals surface area contributed by atoms with Crippen molar-refractivity contribution in [2.24, 2.45) is 0 Å². The molecule has 0 N–H and O–H groups in total. The van der Waals surface area contributed by atoms with Gasteiger partial charge in [0.25, 0.3) is 0 Å². The average molecular weight is 625 g/mol. The Bertz CT molecular complexity index is 3120. The van der Waals surface area contributed by atoms with Crippen molar-refractivity contribution < 1.29 is 4.42 Å². The van der Waals surface area contributed by atoms with Crippen molar-refractivity contribution in [3.05, 3.63) is 170 Å². The number of rotatable bonds is 3. The minimum absolute atomic E-state index is 0.907.